The number of carbonyl (C=O) groups is 2. The molecule has 0 aliphatic rings. The van der Waals surface area contributed by atoms with E-state index in [9.17, 15) is 9.59 Å². The zero-order valence-electron chi connectivity index (χ0n) is 12.6. The quantitative estimate of drug-likeness (QED) is 0.760. The molecule has 7 heteroatoms. The minimum Gasteiger partial charge on any atom is -0.351 e. The fraction of sp³-hybridized carbons (Fsp3) is 0.400. The lowest BCUT2D eigenvalue weighted by Gasteiger charge is -2.04. The Morgan fingerprint density at radius 3 is 2.77 bits per heavy atom. The van der Waals surface area contributed by atoms with Crippen LogP contribution in [0.5, 0.6) is 0 Å². The Balaban J connectivity index is 1.66. The first-order valence-electron chi connectivity index (χ1n) is 7.13. The molecule has 2 aromatic heterocycles. The molecular formula is C15H19N3O2S2. The van der Waals surface area contributed by atoms with Crippen molar-refractivity contribution < 1.29 is 9.59 Å². The lowest BCUT2D eigenvalue weighted by molar-refractivity contribution is -0.116. The molecule has 2 rings (SSSR count). The number of nitrogens with zero attached hydrogens (tertiary/aromatic N) is 1. The number of hydrogen-bond donors (Lipinski definition) is 2. The summed E-state index contributed by atoms with van der Waals surface area (Å²) in [5, 5.41) is 10.1. The molecule has 0 unspecified atom stereocenters. The second-order valence-corrected chi connectivity index (χ2v) is 6.92. The molecule has 0 aliphatic carbocycles. The third-order valence-electron chi connectivity index (χ3n) is 2.97. The van der Waals surface area contributed by atoms with E-state index in [0.29, 0.717) is 35.3 Å². The molecule has 0 bridgehead atoms. The van der Waals surface area contributed by atoms with E-state index in [1.54, 1.807) is 6.07 Å². The second-order valence-electron chi connectivity index (χ2n) is 5.12. The molecule has 0 aromatic carbocycles. The van der Waals surface area contributed by atoms with Crippen LogP contribution in [0.2, 0.25) is 0 Å². The average molecular weight is 337 g/mol. The Morgan fingerprint density at radius 2 is 2.14 bits per heavy atom. The molecule has 0 saturated heterocycles. The van der Waals surface area contributed by atoms with Crippen LogP contribution in [-0.2, 0) is 4.79 Å². The Morgan fingerprint density at radius 1 is 1.32 bits per heavy atom. The Hall–Kier alpha value is -1.73. The maximum absolute atomic E-state index is 11.8. The van der Waals surface area contributed by atoms with Crippen molar-refractivity contribution >= 4 is 39.6 Å². The topological polar surface area (TPSA) is 71.1 Å². The molecule has 2 aromatic rings. The van der Waals surface area contributed by atoms with E-state index in [2.05, 4.69) is 29.5 Å². The Bertz CT molecular complexity index is 621. The number of aromatic nitrogens is 1. The molecule has 2 amide bonds. The van der Waals surface area contributed by atoms with E-state index in [-0.39, 0.29) is 11.8 Å². The maximum Gasteiger partial charge on any atom is 0.261 e. The number of anilines is 1. The van der Waals surface area contributed by atoms with Crippen LogP contribution in [-0.4, -0.2) is 23.3 Å². The van der Waals surface area contributed by atoms with Gasteiger partial charge in [0.2, 0.25) is 5.91 Å². The highest BCUT2D eigenvalue weighted by Crippen LogP contribution is 2.21. The van der Waals surface area contributed by atoms with Crippen molar-refractivity contribution in [2.75, 3.05) is 11.9 Å². The molecule has 2 N–H and O–H groups in total. The molecule has 0 atom stereocenters. The zero-order chi connectivity index (χ0) is 15.9. The molecule has 118 valence electrons. The Labute approximate surface area is 137 Å². The van der Waals surface area contributed by atoms with E-state index in [1.165, 1.54) is 22.7 Å². The van der Waals surface area contributed by atoms with Gasteiger partial charge in [0.1, 0.15) is 0 Å². The van der Waals surface area contributed by atoms with Crippen molar-refractivity contribution in [1.82, 2.24) is 10.3 Å². The van der Waals surface area contributed by atoms with E-state index in [0.717, 1.165) is 5.69 Å². The van der Waals surface area contributed by atoms with Crippen molar-refractivity contribution in [3.8, 4) is 0 Å². The number of hydrogen-bond acceptors (Lipinski definition) is 5. The van der Waals surface area contributed by atoms with Crippen molar-refractivity contribution in [2.24, 2.45) is 0 Å². The number of amides is 2. The standard InChI is InChI=1S/C15H19N3O2S2/c1-10(2)11-9-22-15(17-11)18-13(19)6-3-7-16-14(20)12-5-4-8-21-12/h4-5,8-10H,3,6-7H2,1-2H3,(H,16,20)(H,17,18,19). The van der Waals surface area contributed by atoms with Gasteiger partial charge in [-0.25, -0.2) is 4.98 Å². The lowest BCUT2D eigenvalue weighted by Crippen LogP contribution is -2.24. The largest absolute Gasteiger partial charge is 0.351 e. The van der Waals surface area contributed by atoms with Crippen LogP contribution in [0.15, 0.2) is 22.9 Å². The van der Waals surface area contributed by atoms with Crippen LogP contribution in [0.4, 0.5) is 5.13 Å². The van der Waals surface area contributed by atoms with E-state index in [4.69, 9.17) is 0 Å². The van der Waals surface area contributed by atoms with Crippen molar-refractivity contribution in [2.45, 2.75) is 32.6 Å². The summed E-state index contributed by atoms with van der Waals surface area (Å²) in [5.41, 5.74) is 0.989. The van der Waals surface area contributed by atoms with Gasteiger partial charge >= 0.3 is 0 Å². The third-order valence-corrected chi connectivity index (χ3v) is 4.62. The van der Waals surface area contributed by atoms with Gasteiger partial charge in [0, 0.05) is 18.3 Å². The predicted octanol–water partition coefficient (Wildman–Crippen LogP) is 3.48. The van der Waals surface area contributed by atoms with Gasteiger partial charge < -0.3 is 10.6 Å². The number of rotatable bonds is 7. The monoisotopic (exact) mass is 337 g/mol. The van der Waals surface area contributed by atoms with Gasteiger partial charge in [-0.3, -0.25) is 9.59 Å². The molecular weight excluding hydrogens is 318 g/mol. The number of thiophene rings is 1. The van der Waals surface area contributed by atoms with Gasteiger partial charge in [-0.1, -0.05) is 19.9 Å². The van der Waals surface area contributed by atoms with Crippen LogP contribution in [0.3, 0.4) is 0 Å². The molecule has 0 radical (unpaired) electrons. The van der Waals surface area contributed by atoms with Gasteiger partial charge in [-0.2, -0.15) is 0 Å². The highest BCUT2D eigenvalue weighted by atomic mass is 32.1. The van der Waals surface area contributed by atoms with Crippen molar-refractivity contribution in [3.05, 3.63) is 33.5 Å². The first-order valence-corrected chi connectivity index (χ1v) is 8.89. The number of carbonyl (C=O) groups excluding carboxylic acids is 2. The number of thiazole rings is 1. The van der Waals surface area contributed by atoms with Gasteiger partial charge in [0.15, 0.2) is 5.13 Å². The van der Waals surface area contributed by atoms with Crippen LogP contribution in [0.25, 0.3) is 0 Å². The average Bonchev–Trinajstić information content (AvgIpc) is 3.14. The number of nitrogens with one attached hydrogen (secondary N) is 2. The fourth-order valence-electron chi connectivity index (χ4n) is 1.74. The molecule has 0 saturated carbocycles. The minimum atomic E-state index is -0.0862. The van der Waals surface area contributed by atoms with Crippen molar-refractivity contribution in [1.29, 1.82) is 0 Å². The summed E-state index contributed by atoms with van der Waals surface area (Å²) < 4.78 is 0. The smallest absolute Gasteiger partial charge is 0.261 e. The summed E-state index contributed by atoms with van der Waals surface area (Å²) in [6.45, 7) is 4.62. The third kappa shape index (κ3) is 4.92. The SMILES string of the molecule is CC(C)c1csc(NC(=O)CCCNC(=O)c2cccs2)n1. The second kappa shape index (κ2) is 8.05. The van der Waals surface area contributed by atoms with E-state index >= 15 is 0 Å². The fourth-order valence-corrected chi connectivity index (χ4v) is 3.26. The highest BCUT2D eigenvalue weighted by molar-refractivity contribution is 7.14. The molecule has 2 heterocycles. The summed E-state index contributed by atoms with van der Waals surface area (Å²) >= 11 is 2.84. The lowest BCUT2D eigenvalue weighted by atomic mass is 10.2. The molecule has 22 heavy (non-hydrogen) atoms. The Kier molecular flexibility index (Phi) is 6.09. The van der Waals surface area contributed by atoms with Gasteiger partial charge in [-0.05, 0) is 23.8 Å². The van der Waals surface area contributed by atoms with Crippen molar-refractivity contribution in [3.63, 3.8) is 0 Å². The first kappa shape index (κ1) is 16.6. The molecule has 5 nitrogen and oxygen atoms in total. The molecule has 0 fully saturated rings. The summed E-state index contributed by atoms with van der Waals surface area (Å²) in [6.07, 6.45) is 0.965. The van der Waals surface area contributed by atoms with Crippen LogP contribution >= 0.6 is 22.7 Å². The minimum absolute atomic E-state index is 0.0740. The molecule has 0 aliphatic heterocycles. The van der Waals surface area contributed by atoms with E-state index in [1.807, 2.05) is 16.8 Å². The first-order chi connectivity index (χ1) is 10.6. The summed E-state index contributed by atoms with van der Waals surface area (Å²) in [5.74, 6) is 0.196. The summed E-state index contributed by atoms with van der Waals surface area (Å²) in [6, 6.07) is 3.62. The highest BCUT2D eigenvalue weighted by Gasteiger charge is 2.09. The predicted molar refractivity (Wildman–Crippen MR) is 90.7 cm³/mol. The van der Waals surface area contributed by atoms with Gasteiger partial charge in [0.05, 0.1) is 10.6 Å². The summed E-state index contributed by atoms with van der Waals surface area (Å²) in [4.78, 5) is 28.6. The van der Waals surface area contributed by atoms with Crippen LogP contribution < -0.4 is 10.6 Å². The molecule has 0 spiro atoms. The van der Waals surface area contributed by atoms with Crippen LogP contribution in [0, 0.1) is 0 Å². The van der Waals surface area contributed by atoms with Gasteiger partial charge in [0.25, 0.3) is 5.91 Å². The summed E-state index contributed by atoms with van der Waals surface area (Å²) in [7, 11) is 0. The normalized spacial score (nSPS) is 10.7. The maximum atomic E-state index is 11.8. The van der Waals surface area contributed by atoms with Gasteiger partial charge in [-0.15, -0.1) is 22.7 Å². The van der Waals surface area contributed by atoms with E-state index < -0.39 is 0 Å². The van der Waals surface area contributed by atoms with Crippen LogP contribution in [0.1, 0.15) is 48.0 Å². The zero-order valence-corrected chi connectivity index (χ0v) is 14.2.